The summed E-state index contributed by atoms with van der Waals surface area (Å²) in [6, 6.07) is 0. The van der Waals surface area contributed by atoms with Crippen LogP contribution in [0.4, 0.5) is 0 Å². The molecule has 0 aliphatic carbocycles. The molecule has 0 saturated heterocycles. The number of aldehydes is 1. The largest absolute Gasteiger partial charge is 0.302 e. The van der Waals surface area contributed by atoms with Crippen LogP contribution in [-0.2, 0) is 4.79 Å². The van der Waals surface area contributed by atoms with E-state index in [0.717, 1.165) is 25.8 Å². The second kappa shape index (κ2) is 8.82. The molecule has 0 aliphatic rings. The van der Waals surface area contributed by atoms with Crippen LogP contribution in [0.15, 0.2) is 23.8 Å². The van der Waals surface area contributed by atoms with E-state index < -0.39 is 0 Å². The van der Waals surface area contributed by atoms with Crippen molar-refractivity contribution in [1.29, 1.82) is 0 Å². The summed E-state index contributed by atoms with van der Waals surface area (Å²) in [5.74, 6) is 0. The van der Waals surface area contributed by atoms with Crippen LogP contribution in [0, 0.1) is 16.2 Å². The van der Waals surface area contributed by atoms with Gasteiger partial charge in [-0.3, -0.25) is 4.90 Å². The molecule has 0 unspecified atom stereocenters. The molecular formula is C21H39NO. The van der Waals surface area contributed by atoms with E-state index in [2.05, 4.69) is 85.4 Å². The first-order valence-corrected chi connectivity index (χ1v) is 8.78. The third-order valence-corrected chi connectivity index (χ3v) is 3.57. The fourth-order valence-corrected chi connectivity index (χ4v) is 3.24. The van der Waals surface area contributed by atoms with E-state index in [0.29, 0.717) is 12.0 Å². The zero-order valence-electron chi connectivity index (χ0n) is 17.0. The molecule has 0 aromatic rings. The van der Waals surface area contributed by atoms with Gasteiger partial charge in [0, 0.05) is 13.1 Å². The lowest BCUT2D eigenvalue weighted by atomic mass is 9.76. The molecule has 0 radical (unpaired) electrons. The van der Waals surface area contributed by atoms with Crippen molar-refractivity contribution >= 4 is 6.29 Å². The standard InChI is InChI=1S/C21H39NO/c1-10-18(11-12-19(2,3)4)15-22(13-14-23)17-21(8,9)16-20(5,6)7/h10-12,14H,13,15-17H2,1-9H3/b12-11-,18-10+. The van der Waals surface area contributed by atoms with Gasteiger partial charge in [-0.2, -0.15) is 0 Å². The fourth-order valence-electron chi connectivity index (χ4n) is 3.24. The van der Waals surface area contributed by atoms with Crippen LogP contribution in [0.3, 0.4) is 0 Å². The van der Waals surface area contributed by atoms with Crippen molar-refractivity contribution in [3.05, 3.63) is 23.8 Å². The average Bonchev–Trinajstić information content (AvgIpc) is 2.29. The van der Waals surface area contributed by atoms with Crippen LogP contribution in [-0.4, -0.2) is 30.8 Å². The maximum atomic E-state index is 11.1. The molecule has 134 valence electrons. The number of carbonyl (C=O) groups excluding carboxylic acids is 1. The van der Waals surface area contributed by atoms with Gasteiger partial charge >= 0.3 is 0 Å². The Balaban J connectivity index is 4.98. The van der Waals surface area contributed by atoms with Gasteiger partial charge in [0.1, 0.15) is 6.29 Å². The Morgan fingerprint density at radius 1 is 1.00 bits per heavy atom. The van der Waals surface area contributed by atoms with E-state index in [9.17, 15) is 4.79 Å². The fraction of sp³-hybridized carbons (Fsp3) is 0.762. The lowest BCUT2D eigenvalue weighted by Crippen LogP contribution is -2.38. The first-order valence-electron chi connectivity index (χ1n) is 8.78. The molecule has 0 saturated carbocycles. The number of nitrogens with zero attached hydrogens (tertiary/aromatic N) is 1. The Kier molecular flexibility index (Phi) is 8.48. The Hall–Kier alpha value is -0.890. The molecular weight excluding hydrogens is 282 g/mol. The minimum absolute atomic E-state index is 0.176. The lowest BCUT2D eigenvalue weighted by molar-refractivity contribution is -0.109. The molecule has 2 heteroatoms. The lowest BCUT2D eigenvalue weighted by Gasteiger charge is -2.36. The van der Waals surface area contributed by atoms with Gasteiger partial charge in [0.25, 0.3) is 0 Å². The van der Waals surface area contributed by atoms with Gasteiger partial charge in [0.05, 0.1) is 6.54 Å². The number of carbonyl (C=O) groups is 1. The summed E-state index contributed by atoms with van der Waals surface area (Å²) in [7, 11) is 0. The summed E-state index contributed by atoms with van der Waals surface area (Å²) in [5.41, 5.74) is 1.93. The molecule has 0 fully saturated rings. The van der Waals surface area contributed by atoms with Crippen LogP contribution in [0.5, 0.6) is 0 Å². The van der Waals surface area contributed by atoms with Crippen molar-refractivity contribution in [3.8, 4) is 0 Å². The van der Waals surface area contributed by atoms with Crippen molar-refractivity contribution in [3.63, 3.8) is 0 Å². The molecule has 0 N–H and O–H groups in total. The summed E-state index contributed by atoms with van der Waals surface area (Å²) in [6.45, 7) is 22.4. The predicted molar refractivity (Wildman–Crippen MR) is 103 cm³/mol. The van der Waals surface area contributed by atoms with Crippen molar-refractivity contribution in [2.75, 3.05) is 19.6 Å². The summed E-state index contributed by atoms with van der Waals surface area (Å²) in [5, 5.41) is 0. The SMILES string of the molecule is C/C=C(\C=C/C(C)(C)C)CN(CC=O)CC(C)(C)CC(C)(C)C. The monoisotopic (exact) mass is 321 g/mol. The highest BCUT2D eigenvalue weighted by Crippen LogP contribution is 2.33. The van der Waals surface area contributed by atoms with Gasteiger partial charge in [0.2, 0.25) is 0 Å². The molecule has 23 heavy (non-hydrogen) atoms. The van der Waals surface area contributed by atoms with Crippen LogP contribution in [0.2, 0.25) is 0 Å². The minimum Gasteiger partial charge on any atom is -0.302 e. The molecule has 0 amide bonds. The molecule has 0 aromatic heterocycles. The molecule has 0 bridgehead atoms. The van der Waals surface area contributed by atoms with Crippen molar-refractivity contribution in [2.45, 2.75) is 68.7 Å². The predicted octanol–water partition coefficient (Wildman–Crippen LogP) is 5.50. The third-order valence-electron chi connectivity index (χ3n) is 3.57. The van der Waals surface area contributed by atoms with Gasteiger partial charge in [0.15, 0.2) is 0 Å². The highest BCUT2D eigenvalue weighted by Gasteiger charge is 2.27. The molecule has 0 spiro atoms. The number of allylic oxidation sites excluding steroid dienone is 2. The molecule has 0 aliphatic heterocycles. The van der Waals surface area contributed by atoms with Gasteiger partial charge < -0.3 is 4.79 Å². The van der Waals surface area contributed by atoms with E-state index in [4.69, 9.17) is 0 Å². The second-order valence-electron chi connectivity index (χ2n) is 9.80. The number of hydrogen-bond donors (Lipinski definition) is 0. The van der Waals surface area contributed by atoms with Crippen molar-refractivity contribution < 1.29 is 4.79 Å². The van der Waals surface area contributed by atoms with E-state index in [1.54, 1.807) is 0 Å². The third kappa shape index (κ3) is 12.2. The quantitative estimate of drug-likeness (QED) is 0.434. The number of hydrogen-bond acceptors (Lipinski definition) is 2. The summed E-state index contributed by atoms with van der Waals surface area (Å²) < 4.78 is 0. The topological polar surface area (TPSA) is 20.3 Å². The highest BCUT2D eigenvalue weighted by atomic mass is 16.1. The van der Waals surface area contributed by atoms with Gasteiger partial charge in [-0.1, -0.05) is 73.6 Å². The summed E-state index contributed by atoms with van der Waals surface area (Å²) >= 11 is 0. The molecule has 0 rings (SSSR count). The zero-order valence-corrected chi connectivity index (χ0v) is 17.0. The molecule has 2 nitrogen and oxygen atoms in total. The maximum Gasteiger partial charge on any atom is 0.133 e. The first kappa shape index (κ1) is 22.1. The molecule has 0 atom stereocenters. The van der Waals surface area contributed by atoms with Gasteiger partial charge in [-0.25, -0.2) is 0 Å². The van der Waals surface area contributed by atoms with Crippen molar-refractivity contribution in [1.82, 2.24) is 4.90 Å². The maximum absolute atomic E-state index is 11.1. The van der Waals surface area contributed by atoms with Crippen LogP contribution >= 0.6 is 0 Å². The van der Waals surface area contributed by atoms with Gasteiger partial charge in [-0.05, 0) is 35.2 Å². The Labute approximate surface area is 145 Å². The van der Waals surface area contributed by atoms with E-state index in [-0.39, 0.29) is 10.8 Å². The summed E-state index contributed by atoms with van der Waals surface area (Å²) in [6.07, 6.45) is 8.75. The zero-order chi connectivity index (χ0) is 18.3. The average molecular weight is 322 g/mol. The number of rotatable bonds is 8. The van der Waals surface area contributed by atoms with Crippen LogP contribution in [0.1, 0.15) is 68.7 Å². The molecule has 0 aromatic carbocycles. The normalized spacial score (nSPS) is 14.8. The van der Waals surface area contributed by atoms with E-state index in [1.165, 1.54) is 5.57 Å². The smallest absolute Gasteiger partial charge is 0.133 e. The van der Waals surface area contributed by atoms with Crippen LogP contribution < -0.4 is 0 Å². The highest BCUT2D eigenvalue weighted by molar-refractivity contribution is 5.52. The molecule has 0 heterocycles. The van der Waals surface area contributed by atoms with Gasteiger partial charge in [-0.15, -0.1) is 0 Å². The van der Waals surface area contributed by atoms with Crippen LogP contribution in [0.25, 0.3) is 0 Å². The first-order chi connectivity index (χ1) is 10.3. The second-order valence-corrected chi connectivity index (χ2v) is 9.80. The Morgan fingerprint density at radius 2 is 1.57 bits per heavy atom. The van der Waals surface area contributed by atoms with E-state index in [1.807, 2.05) is 0 Å². The Morgan fingerprint density at radius 3 is 1.96 bits per heavy atom. The summed E-state index contributed by atoms with van der Waals surface area (Å²) in [4.78, 5) is 13.4. The Bertz CT molecular complexity index is 416. The van der Waals surface area contributed by atoms with Crippen molar-refractivity contribution in [2.24, 2.45) is 16.2 Å². The minimum atomic E-state index is 0.176. The van der Waals surface area contributed by atoms with E-state index >= 15 is 0 Å².